The molecule has 0 spiro atoms. The number of rotatable bonds is 2. The van der Waals surface area contributed by atoms with Gasteiger partial charge in [0, 0.05) is 24.5 Å². The number of imidazole rings is 1. The van der Waals surface area contributed by atoms with Crippen molar-refractivity contribution in [2.75, 3.05) is 13.1 Å². The van der Waals surface area contributed by atoms with Crippen LogP contribution in [-0.2, 0) is 6.54 Å². The summed E-state index contributed by atoms with van der Waals surface area (Å²) in [6.07, 6.45) is 6.71. The van der Waals surface area contributed by atoms with Crippen LogP contribution in [-0.4, -0.2) is 27.4 Å². The van der Waals surface area contributed by atoms with Crippen LogP contribution in [0.1, 0.15) is 18.4 Å². The second-order valence-electron chi connectivity index (χ2n) is 4.31. The molecule has 1 aliphatic rings. The molecule has 2 aromatic heterocycles. The zero-order valence-electron chi connectivity index (χ0n) is 9.06. The van der Waals surface area contributed by atoms with Gasteiger partial charge in [0.15, 0.2) is 0 Å². The minimum Gasteiger partial charge on any atom is -0.306 e. The molecule has 3 heterocycles. The van der Waals surface area contributed by atoms with E-state index in [9.17, 15) is 0 Å². The number of aromatic nitrogens is 2. The van der Waals surface area contributed by atoms with E-state index in [0.717, 1.165) is 16.8 Å². The minimum atomic E-state index is 0.904. The van der Waals surface area contributed by atoms with Crippen molar-refractivity contribution in [2.45, 2.75) is 19.4 Å². The van der Waals surface area contributed by atoms with Gasteiger partial charge in [0.05, 0.1) is 0 Å². The Bertz CT molecular complexity index is 500. The first-order chi connectivity index (χ1) is 7.83. The fourth-order valence-electron chi connectivity index (χ4n) is 2.35. The summed E-state index contributed by atoms with van der Waals surface area (Å²) in [5, 5.41) is 0. The number of likely N-dealkylation sites (tertiary alicyclic amines) is 1. The zero-order valence-corrected chi connectivity index (χ0v) is 10.7. The average Bonchev–Trinajstić information content (AvgIpc) is 2.86. The van der Waals surface area contributed by atoms with Crippen molar-refractivity contribution >= 4 is 21.6 Å². The van der Waals surface area contributed by atoms with E-state index in [4.69, 9.17) is 0 Å². The van der Waals surface area contributed by atoms with Gasteiger partial charge in [0.2, 0.25) is 0 Å². The monoisotopic (exact) mass is 279 g/mol. The van der Waals surface area contributed by atoms with Gasteiger partial charge in [-0.15, -0.1) is 0 Å². The summed E-state index contributed by atoms with van der Waals surface area (Å²) in [4.78, 5) is 7.01. The first kappa shape index (κ1) is 10.3. The Hall–Kier alpha value is -0.870. The molecular formula is C12H14BrN3. The number of halogens is 1. The van der Waals surface area contributed by atoms with Gasteiger partial charge in [0.1, 0.15) is 10.3 Å². The molecule has 1 aliphatic heterocycles. The Kier molecular flexibility index (Phi) is 2.69. The summed E-state index contributed by atoms with van der Waals surface area (Å²) in [7, 11) is 0. The number of pyridine rings is 1. The largest absolute Gasteiger partial charge is 0.306 e. The Morgan fingerprint density at radius 1 is 1.31 bits per heavy atom. The molecular weight excluding hydrogens is 266 g/mol. The normalized spacial score (nSPS) is 17.3. The molecule has 3 rings (SSSR count). The summed E-state index contributed by atoms with van der Waals surface area (Å²) in [5.41, 5.74) is 2.39. The maximum atomic E-state index is 4.51. The lowest BCUT2D eigenvalue weighted by Crippen LogP contribution is -2.18. The maximum Gasteiger partial charge on any atom is 0.142 e. The fraction of sp³-hybridized carbons (Fsp3) is 0.417. The van der Waals surface area contributed by atoms with Crippen LogP contribution in [0.2, 0.25) is 0 Å². The van der Waals surface area contributed by atoms with E-state index in [1.807, 2.05) is 12.4 Å². The topological polar surface area (TPSA) is 20.5 Å². The molecule has 0 saturated carbocycles. The predicted molar refractivity (Wildman–Crippen MR) is 67.4 cm³/mol. The predicted octanol–water partition coefficient (Wildman–Crippen LogP) is 2.69. The molecule has 16 heavy (non-hydrogen) atoms. The van der Waals surface area contributed by atoms with Gasteiger partial charge in [-0.25, -0.2) is 4.98 Å². The summed E-state index contributed by atoms with van der Waals surface area (Å²) >= 11 is 3.43. The highest BCUT2D eigenvalue weighted by atomic mass is 79.9. The summed E-state index contributed by atoms with van der Waals surface area (Å²) in [5.74, 6) is 0. The van der Waals surface area contributed by atoms with E-state index in [1.54, 1.807) is 0 Å². The molecule has 0 atom stereocenters. The van der Waals surface area contributed by atoms with E-state index < -0.39 is 0 Å². The number of hydrogen-bond donors (Lipinski definition) is 0. The quantitative estimate of drug-likeness (QED) is 0.843. The lowest BCUT2D eigenvalue weighted by molar-refractivity contribution is 0.332. The van der Waals surface area contributed by atoms with Gasteiger partial charge in [-0.1, -0.05) is 6.07 Å². The van der Waals surface area contributed by atoms with Gasteiger partial charge in [-0.05, 0) is 47.9 Å². The highest BCUT2D eigenvalue weighted by Crippen LogP contribution is 2.18. The van der Waals surface area contributed by atoms with Gasteiger partial charge in [-0.2, -0.15) is 0 Å². The molecule has 1 fully saturated rings. The van der Waals surface area contributed by atoms with E-state index >= 15 is 0 Å². The van der Waals surface area contributed by atoms with Crippen LogP contribution in [0.15, 0.2) is 29.1 Å². The van der Waals surface area contributed by atoms with Gasteiger partial charge >= 0.3 is 0 Å². The Morgan fingerprint density at radius 3 is 2.94 bits per heavy atom. The highest BCUT2D eigenvalue weighted by Gasteiger charge is 2.14. The van der Waals surface area contributed by atoms with Crippen molar-refractivity contribution in [3.8, 4) is 0 Å². The second-order valence-corrected chi connectivity index (χ2v) is 5.12. The molecule has 3 nitrogen and oxygen atoms in total. The Labute approximate surface area is 103 Å². The van der Waals surface area contributed by atoms with Gasteiger partial charge in [0.25, 0.3) is 0 Å². The number of nitrogens with zero attached hydrogens (tertiary/aromatic N) is 3. The van der Waals surface area contributed by atoms with Crippen LogP contribution in [0.5, 0.6) is 0 Å². The van der Waals surface area contributed by atoms with E-state index in [2.05, 4.69) is 42.3 Å². The molecule has 84 valence electrons. The average molecular weight is 280 g/mol. The van der Waals surface area contributed by atoms with E-state index in [-0.39, 0.29) is 0 Å². The standard InChI is InChI=1S/C12H14BrN3/c13-11-9-16-7-3-4-10(12(16)14-11)8-15-5-1-2-6-15/h3-4,7,9H,1-2,5-6,8H2. The van der Waals surface area contributed by atoms with Crippen molar-refractivity contribution in [1.29, 1.82) is 0 Å². The van der Waals surface area contributed by atoms with Crippen LogP contribution in [0, 0.1) is 0 Å². The lowest BCUT2D eigenvalue weighted by Gasteiger charge is -2.14. The van der Waals surface area contributed by atoms with Crippen molar-refractivity contribution in [3.05, 3.63) is 34.7 Å². The molecule has 0 bridgehead atoms. The summed E-state index contributed by atoms with van der Waals surface area (Å²) in [6.45, 7) is 3.47. The Morgan fingerprint density at radius 2 is 2.12 bits per heavy atom. The molecule has 2 aromatic rings. The zero-order chi connectivity index (χ0) is 11.0. The van der Waals surface area contributed by atoms with Crippen molar-refractivity contribution in [3.63, 3.8) is 0 Å². The fourth-order valence-corrected chi connectivity index (χ4v) is 2.73. The third kappa shape index (κ3) is 1.87. The summed E-state index contributed by atoms with van der Waals surface area (Å²) < 4.78 is 2.98. The van der Waals surface area contributed by atoms with Crippen LogP contribution < -0.4 is 0 Å². The SMILES string of the molecule is Brc1cn2cccc(CN3CCCC3)c2n1. The minimum absolute atomic E-state index is 0.904. The van der Waals surface area contributed by atoms with E-state index in [0.29, 0.717) is 0 Å². The molecule has 0 N–H and O–H groups in total. The Balaban J connectivity index is 1.95. The van der Waals surface area contributed by atoms with Crippen LogP contribution in [0.3, 0.4) is 0 Å². The smallest absolute Gasteiger partial charge is 0.142 e. The van der Waals surface area contributed by atoms with Crippen LogP contribution >= 0.6 is 15.9 Å². The molecule has 0 aliphatic carbocycles. The molecule has 0 unspecified atom stereocenters. The third-order valence-electron chi connectivity index (χ3n) is 3.13. The lowest BCUT2D eigenvalue weighted by atomic mass is 10.2. The summed E-state index contributed by atoms with van der Waals surface area (Å²) in [6, 6.07) is 4.26. The molecule has 0 radical (unpaired) electrons. The van der Waals surface area contributed by atoms with Crippen molar-refractivity contribution in [1.82, 2.24) is 14.3 Å². The first-order valence-electron chi connectivity index (χ1n) is 5.67. The molecule has 0 amide bonds. The number of hydrogen-bond acceptors (Lipinski definition) is 2. The molecule has 1 saturated heterocycles. The highest BCUT2D eigenvalue weighted by molar-refractivity contribution is 9.10. The second kappa shape index (κ2) is 4.18. The van der Waals surface area contributed by atoms with E-state index in [1.165, 1.54) is 31.5 Å². The van der Waals surface area contributed by atoms with Crippen molar-refractivity contribution in [2.24, 2.45) is 0 Å². The van der Waals surface area contributed by atoms with Gasteiger partial charge < -0.3 is 4.40 Å². The molecule has 4 heteroatoms. The van der Waals surface area contributed by atoms with Gasteiger partial charge in [-0.3, -0.25) is 4.90 Å². The molecule has 0 aromatic carbocycles. The first-order valence-corrected chi connectivity index (χ1v) is 6.47. The maximum absolute atomic E-state index is 4.51. The van der Waals surface area contributed by atoms with Crippen LogP contribution in [0.25, 0.3) is 5.65 Å². The van der Waals surface area contributed by atoms with Crippen molar-refractivity contribution < 1.29 is 0 Å². The number of fused-ring (bicyclic) bond motifs is 1. The third-order valence-corrected chi connectivity index (χ3v) is 3.51. The van der Waals surface area contributed by atoms with Crippen LogP contribution in [0.4, 0.5) is 0 Å².